The number of hydrogen-bond donors (Lipinski definition) is 1. The Hall–Kier alpha value is -1.66. The van der Waals surface area contributed by atoms with Crippen LogP contribution in [0.5, 0.6) is 0 Å². The molecule has 1 aromatic rings. The molecule has 1 aliphatic rings. The van der Waals surface area contributed by atoms with Gasteiger partial charge in [0.15, 0.2) is 0 Å². The van der Waals surface area contributed by atoms with E-state index in [1.165, 1.54) is 6.07 Å². The lowest BCUT2D eigenvalue weighted by Crippen LogP contribution is -2.35. The average molecular weight is 237 g/mol. The van der Waals surface area contributed by atoms with Gasteiger partial charge in [0.1, 0.15) is 0 Å². The monoisotopic (exact) mass is 237 g/mol. The zero-order chi connectivity index (χ0) is 12.3. The predicted molar refractivity (Wildman–Crippen MR) is 63.6 cm³/mol. The van der Waals surface area contributed by atoms with Gasteiger partial charge in [-0.3, -0.25) is 15.0 Å². The first-order valence-corrected chi connectivity index (χ1v) is 5.50. The zero-order valence-corrected chi connectivity index (χ0v) is 9.46. The molecule has 17 heavy (non-hydrogen) atoms. The van der Waals surface area contributed by atoms with Crippen molar-refractivity contribution in [2.75, 3.05) is 32.0 Å². The van der Waals surface area contributed by atoms with Crippen LogP contribution in [0, 0.1) is 10.1 Å². The molecule has 1 heterocycles. The minimum atomic E-state index is -0.401. The fraction of sp³-hybridized carbons (Fsp3) is 0.455. The molecular weight excluding hydrogens is 222 g/mol. The van der Waals surface area contributed by atoms with Gasteiger partial charge in [-0.2, -0.15) is 0 Å². The number of non-ortho nitro benzene ring substituents is 1. The van der Waals surface area contributed by atoms with Gasteiger partial charge in [-0.05, 0) is 11.6 Å². The van der Waals surface area contributed by atoms with Crippen molar-refractivity contribution in [3.05, 3.63) is 33.9 Å². The Morgan fingerprint density at radius 2 is 2.12 bits per heavy atom. The average Bonchev–Trinajstić information content (AvgIpc) is 2.33. The summed E-state index contributed by atoms with van der Waals surface area (Å²) in [5, 5.41) is 10.7. The maximum atomic E-state index is 10.7. The van der Waals surface area contributed by atoms with Crippen molar-refractivity contribution in [2.24, 2.45) is 0 Å². The van der Waals surface area contributed by atoms with Gasteiger partial charge in [0.05, 0.1) is 18.1 Å². The van der Waals surface area contributed by atoms with Crippen LogP contribution in [-0.4, -0.2) is 36.1 Å². The minimum absolute atomic E-state index is 0.0856. The number of benzene rings is 1. The van der Waals surface area contributed by atoms with E-state index in [9.17, 15) is 10.1 Å². The van der Waals surface area contributed by atoms with Crippen molar-refractivity contribution in [3.63, 3.8) is 0 Å². The molecule has 0 radical (unpaired) electrons. The van der Waals surface area contributed by atoms with Crippen LogP contribution in [-0.2, 0) is 11.3 Å². The first-order valence-electron chi connectivity index (χ1n) is 5.50. The summed E-state index contributed by atoms with van der Waals surface area (Å²) in [4.78, 5) is 12.5. The molecule has 0 unspecified atom stereocenters. The van der Waals surface area contributed by atoms with Crippen molar-refractivity contribution in [1.82, 2.24) is 4.90 Å². The maximum Gasteiger partial charge on any atom is 0.269 e. The first kappa shape index (κ1) is 11.8. The number of rotatable bonds is 3. The van der Waals surface area contributed by atoms with Gasteiger partial charge in [0.2, 0.25) is 0 Å². The fourth-order valence-electron chi connectivity index (χ4n) is 1.84. The fourth-order valence-corrected chi connectivity index (χ4v) is 1.84. The molecule has 0 bridgehead atoms. The molecule has 0 atom stereocenters. The number of ether oxygens (including phenoxy) is 1. The smallest absolute Gasteiger partial charge is 0.269 e. The summed E-state index contributed by atoms with van der Waals surface area (Å²) in [6.45, 7) is 3.71. The number of morpholine rings is 1. The molecule has 0 spiro atoms. The first-order chi connectivity index (χ1) is 8.16. The van der Waals surface area contributed by atoms with E-state index in [0.29, 0.717) is 25.4 Å². The van der Waals surface area contributed by atoms with Crippen LogP contribution in [0.4, 0.5) is 11.4 Å². The van der Waals surface area contributed by atoms with Crippen molar-refractivity contribution in [3.8, 4) is 0 Å². The molecule has 0 amide bonds. The van der Waals surface area contributed by atoms with Crippen LogP contribution in [0.2, 0.25) is 0 Å². The quantitative estimate of drug-likeness (QED) is 0.482. The van der Waals surface area contributed by atoms with E-state index >= 15 is 0 Å². The Bertz CT molecular complexity index is 416. The highest BCUT2D eigenvalue weighted by molar-refractivity contribution is 5.52. The third-order valence-corrected chi connectivity index (χ3v) is 2.84. The van der Waals surface area contributed by atoms with Gasteiger partial charge >= 0.3 is 0 Å². The van der Waals surface area contributed by atoms with E-state index < -0.39 is 4.92 Å². The largest absolute Gasteiger partial charge is 0.398 e. The number of nitrogens with two attached hydrogens (primary N) is 1. The number of anilines is 1. The summed E-state index contributed by atoms with van der Waals surface area (Å²) in [7, 11) is 0. The normalized spacial score (nSPS) is 16.9. The van der Waals surface area contributed by atoms with Crippen LogP contribution in [0.1, 0.15) is 5.56 Å². The van der Waals surface area contributed by atoms with E-state index in [1.807, 2.05) is 0 Å². The van der Waals surface area contributed by atoms with Gasteiger partial charge in [0, 0.05) is 37.5 Å². The molecule has 6 nitrogen and oxygen atoms in total. The van der Waals surface area contributed by atoms with E-state index in [2.05, 4.69) is 4.90 Å². The van der Waals surface area contributed by atoms with Crippen LogP contribution in [0.3, 0.4) is 0 Å². The lowest BCUT2D eigenvalue weighted by molar-refractivity contribution is -0.384. The molecule has 92 valence electrons. The van der Waals surface area contributed by atoms with Gasteiger partial charge in [-0.1, -0.05) is 0 Å². The van der Waals surface area contributed by atoms with Crippen LogP contribution in [0.15, 0.2) is 18.2 Å². The number of nitro groups is 1. The molecule has 0 aliphatic carbocycles. The second-order valence-corrected chi connectivity index (χ2v) is 4.03. The number of nitrogen functional groups attached to an aromatic ring is 1. The molecule has 1 aromatic carbocycles. The van der Waals surface area contributed by atoms with Gasteiger partial charge in [-0.25, -0.2) is 0 Å². The lowest BCUT2D eigenvalue weighted by Gasteiger charge is -2.26. The topological polar surface area (TPSA) is 81.6 Å². The highest BCUT2D eigenvalue weighted by Gasteiger charge is 2.14. The molecule has 2 N–H and O–H groups in total. The van der Waals surface area contributed by atoms with Crippen LogP contribution < -0.4 is 5.73 Å². The van der Waals surface area contributed by atoms with Crippen molar-refractivity contribution < 1.29 is 9.66 Å². The second kappa shape index (κ2) is 5.11. The highest BCUT2D eigenvalue weighted by atomic mass is 16.6. The molecule has 1 saturated heterocycles. The Labute approximate surface area is 99.1 Å². The summed E-state index contributed by atoms with van der Waals surface area (Å²) in [5.41, 5.74) is 7.32. The van der Waals surface area contributed by atoms with E-state index in [4.69, 9.17) is 10.5 Å². The Kier molecular flexibility index (Phi) is 3.55. The third kappa shape index (κ3) is 2.92. The van der Waals surface area contributed by atoms with Crippen molar-refractivity contribution >= 4 is 11.4 Å². The van der Waals surface area contributed by atoms with Crippen LogP contribution in [0.25, 0.3) is 0 Å². The third-order valence-electron chi connectivity index (χ3n) is 2.84. The SMILES string of the molecule is Nc1ccc([N+](=O)[O-])cc1CN1CCOCC1. The summed E-state index contributed by atoms with van der Waals surface area (Å²) < 4.78 is 5.25. The van der Waals surface area contributed by atoms with Gasteiger partial charge < -0.3 is 10.5 Å². The predicted octanol–water partition coefficient (Wildman–Crippen LogP) is 1.01. The maximum absolute atomic E-state index is 10.7. The Balaban J connectivity index is 2.13. The van der Waals surface area contributed by atoms with E-state index in [1.54, 1.807) is 12.1 Å². The molecule has 0 saturated carbocycles. The highest BCUT2D eigenvalue weighted by Crippen LogP contribution is 2.21. The molecule has 1 fully saturated rings. The van der Waals surface area contributed by atoms with Gasteiger partial charge in [0.25, 0.3) is 5.69 Å². The standard InChI is InChI=1S/C11H15N3O3/c12-11-2-1-10(14(15)16)7-9(11)8-13-3-5-17-6-4-13/h1-2,7H,3-6,8,12H2. The number of nitro benzene ring substituents is 1. The summed E-state index contributed by atoms with van der Waals surface area (Å²) in [6, 6.07) is 4.57. The Morgan fingerprint density at radius 3 is 2.76 bits per heavy atom. The summed E-state index contributed by atoms with van der Waals surface area (Å²) in [6.07, 6.45) is 0. The molecule has 2 rings (SSSR count). The summed E-state index contributed by atoms with van der Waals surface area (Å²) in [5.74, 6) is 0. The molecule has 0 aromatic heterocycles. The zero-order valence-electron chi connectivity index (χ0n) is 9.46. The van der Waals surface area contributed by atoms with E-state index in [0.717, 1.165) is 18.7 Å². The number of nitrogens with zero attached hydrogens (tertiary/aromatic N) is 2. The van der Waals surface area contributed by atoms with Crippen molar-refractivity contribution in [2.45, 2.75) is 6.54 Å². The molecule has 1 aliphatic heterocycles. The molecule has 6 heteroatoms. The minimum Gasteiger partial charge on any atom is -0.398 e. The van der Waals surface area contributed by atoms with E-state index in [-0.39, 0.29) is 5.69 Å². The Morgan fingerprint density at radius 1 is 1.41 bits per heavy atom. The van der Waals surface area contributed by atoms with Crippen LogP contribution >= 0.6 is 0 Å². The second-order valence-electron chi connectivity index (χ2n) is 4.03. The molecular formula is C11H15N3O3. The number of hydrogen-bond acceptors (Lipinski definition) is 5. The lowest BCUT2D eigenvalue weighted by atomic mass is 10.1. The summed E-state index contributed by atoms with van der Waals surface area (Å²) >= 11 is 0. The van der Waals surface area contributed by atoms with Crippen molar-refractivity contribution in [1.29, 1.82) is 0 Å². The van der Waals surface area contributed by atoms with Gasteiger partial charge in [-0.15, -0.1) is 0 Å².